The van der Waals surface area contributed by atoms with E-state index in [2.05, 4.69) is 52.8 Å². The molecule has 0 saturated carbocycles. The summed E-state index contributed by atoms with van der Waals surface area (Å²) in [6, 6.07) is 4.94. The number of allylic oxidation sites excluding steroid dienone is 5. The van der Waals surface area contributed by atoms with Gasteiger partial charge in [0, 0.05) is 6.08 Å². The second kappa shape index (κ2) is 6.82. The summed E-state index contributed by atoms with van der Waals surface area (Å²) in [6.45, 7) is 13.6. The number of benzene rings is 1. The molecule has 144 valence electrons. The van der Waals surface area contributed by atoms with Gasteiger partial charge in [-0.05, 0) is 76.3 Å². The van der Waals surface area contributed by atoms with Crippen molar-refractivity contribution in [2.45, 2.75) is 77.6 Å². The van der Waals surface area contributed by atoms with E-state index in [1.807, 2.05) is 19.1 Å². The number of carbonyl (C=O) groups is 1. The van der Waals surface area contributed by atoms with Gasteiger partial charge in [-0.3, -0.25) is 0 Å². The van der Waals surface area contributed by atoms with Gasteiger partial charge in [-0.25, -0.2) is 4.79 Å². The van der Waals surface area contributed by atoms with Gasteiger partial charge < -0.3 is 5.11 Å². The molecule has 0 saturated heterocycles. The first-order valence-corrected chi connectivity index (χ1v) is 9.99. The molecule has 0 fully saturated rings. The van der Waals surface area contributed by atoms with Crippen molar-refractivity contribution in [3.8, 4) is 0 Å². The standard InChI is InChI=1S/C25H32O2/c1-16(12-23(26)27)8-7-9-18-13-17(2)19-14-21-22(15-20(18)19)25(5,6)11-10-24(21,3)4/h7-9,12,14-15,17H,10-11,13H2,1-6H3,(H,26,27). The topological polar surface area (TPSA) is 37.3 Å². The minimum Gasteiger partial charge on any atom is -0.478 e. The summed E-state index contributed by atoms with van der Waals surface area (Å²) < 4.78 is 0. The molecule has 0 radical (unpaired) electrons. The highest BCUT2D eigenvalue weighted by atomic mass is 16.4. The van der Waals surface area contributed by atoms with Crippen LogP contribution in [0.3, 0.4) is 0 Å². The quantitative estimate of drug-likeness (QED) is 0.490. The van der Waals surface area contributed by atoms with E-state index in [4.69, 9.17) is 5.11 Å². The molecule has 2 aliphatic rings. The number of rotatable bonds is 3. The van der Waals surface area contributed by atoms with Crippen molar-refractivity contribution in [2.24, 2.45) is 0 Å². The SMILES string of the molecule is CC(C=CC=C1CC(C)c2cc3c(cc21)C(C)(C)CCC3(C)C)=CC(=O)O. The van der Waals surface area contributed by atoms with Crippen LogP contribution in [0.15, 0.2) is 42.0 Å². The fourth-order valence-corrected chi connectivity index (χ4v) is 4.58. The van der Waals surface area contributed by atoms with Gasteiger partial charge in [-0.1, -0.05) is 65.0 Å². The van der Waals surface area contributed by atoms with Crippen LogP contribution in [0.5, 0.6) is 0 Å². The minimum absolute atomic E-state index is 0.216. The Balaban J connectivity index is 2.04. The highest BCUT2D eigenvalue weighted by Gasteiger charge is 2.39. The summed E-state index contributed by atoms with van der Waals surface area (Å²) in [5.41, 5.74) is 8.45. The smallest absolute Gasteiger partial charge is 0.328 e. The molecule has 2 nitrogen and oxygen atoms in total. The first kappa shape index (κ1) is 19.7. The van der Waals surface area contributed by atoms with E-state index in [1.165, 1.54) is 46.7 Å². The lowest BCUT2D eigenvalue weighted by Gasteiger charge is -2.42. The van der Waals surface area contributed by atoms with Crippen LogP contribution >= 0.6 is 0 Å². The first-order chi connectivity index (χ1) is 12.5. The Hall–Kier alpha value is -2.09. The molecule has 0 amide bonds. The molecule has 0 bridgehead atoms. The van der Waals surface area contributed by atoms with E-state index in [0.717, 1.165) is 12.0 Å². The van der Waals surface area contributed by atoms with E-state index in [9.17, 15) is 4.79 Å². The maximum absolute atomic E-state index is 10.8. The highest BCUT2D eigenvalue weighted by Crippen LogP contribution is 2.50. The maximum atomic E-state index is 10.8. The molecule has 1 unspecified atom stereocenters. The predicted molar refractivity (Wildman–Crippen MR) is 113 cm³/mol. The largest absolute Gasteiger partial charge is 0.478 e. The van der Waals surface area contributed by atoms with Crippen molar-refractivity contribution in [1.29, 1.82) is 0 Å². The molecule has 1 aromatic rings. The molecule has 1 N–H and O–H groups in total. The summed E-state index contributed by atoms with van der Waals surface area (Å²) >= 11 is 0. The number of hydrogen-bond acceptors (Lipinski definition) is 1. The van der Waals surface area contributed by atoms with Gasteiger partial charge in [0.15, 0.2) is 0 Å². The van der Waals surface area contributed by atoms with E-state index in [0.29, 0.717) is 5.92 Å². The summed E-state index contributed by atoms with van der Waals surface area (Å²) in [5.74, 6) is -0.373. The van der Waals surface area contributed by atoms with Crippen LogP contribution in [-0.4, -0.2) is 11.1 Å². The molecule has 0 aliphatic heterocycles. The second-order valence-corrected chi connectivity index (χ2v) is 9.64. The van der Waals surface area contributed by atoms with Crippen molar-refractivity contribution in [3.63, 3.8) is 0 Å². The van der Waals surface area contributed by atoms with Gasteiger partial charge in [0.05, 0.1) is 0 Å². The average molecular weight is 365 g/mol. The van der Waals surface area contributed by atoms with Crippen molar-refractivity contribution in [3.05, 3.63) is 64.3 Å². The summed E-state index contributed by atoms with van der Waals surface area (Å²) in [4.78, 5) is 10.8. The summed E-state index contributed by atoms with van der Waals surface area (Å²) in [7, 11) is 0. The van der Waals surface area contributed by atoms with E-state index in [1.54, 1.807) is 0 Å². The molecule has 0 heterocycles. The van der Waals surface area contributed by atoms with Crippen molar-refractivity contribution < 1.29 is 9.90 Å². The Morgan fingerprint density at radius 1 is 1.11 bits per heavy atom. The predicted octanol–water partition coefficient (Wildman–Crippen LogP) is 6.51. The third kappa shape index (κ3) is 3.81. The number of hydrogen-bond donors (Lipinski definition) is 1. The highest BCUT2D eigenvalue weighted by molar-refractivity contribution is 5.81. The van der Waals surface area contributed by atoms with E-state index >= 15 is 0 Å². The molecule has 1 aromatic carbocycles. The molecule has 27 heavy (non-hydrogen) atoms. The number of aliphatic carboxylic acids is 1. The normalized spacial score (nSPS) is 24.9. The van der Waals surface area contributed by atoms with Gasteiger partial charge in [-0.15, -0.1) is 0 Å². The lowest BCUT2D eigenvalue weighted by Crippen LogP contribution is -2.34. The molecule has 2 aliphatic carbocycles. The fraction of sp³-hybridized carbons (Fsp3) is 0.480. The number of fused-ring (bicyclic) bond motifs is 2. The van der Waals surface area contributed by atoms with Crippen LogP contribution in [0.25, 0.3) is 5.57 Å². The lowest BCUT2D eigenvalue weighted by molar-refractivity contribution is -0.131. The zero-order valence-electron chi connectivity index (χ0n) is 17.5. The van der Waals surface area contributed by atoms with Crippen molar-refractivity contribution in [2.75, 3.05) is 0 Å². The Morgan fingerprint density at radius 2 is 1.70 bits per heavy atom. The van der Waals surface area contributed by atoms with Crippen molar-refractivity contribution >= 4 is 11.5 Å². The van der Waals surface area contributed by atoms with Crippen LogP contribution < -0.4 is 0 Å². The van der Waals surface area contributed by atoms with Gasteiger partial charge in [0.2, 0.25) is 0 Å². The average Bonchev–Trinajstić information content (AvgIpc) is 2.86. The van der Waals surface area contributed by atoms with Gasteiger partial charge in [-0.2, -0.15) is 0 Å². The zero-order valence-corrected chi connectivity index (χ0v) is 17.5. The van der Waals surface area contributed by atoms with Crippen LogP contribution in [0, 0.1) is 0 Å². The van der Waals surface area contributed by atoms with E-state index in [-0.39, 0.29) is 10.8 Å². The van der Waals surface area contributed by atoms with Crippen molar-refractivity contribution in [1.82, 2.24) is 0 Å². The first-order valence-electron chi connectivity index (χ1n) is 9.99. The third-order valence-corrected chi connectivity index (χ3v) is 6.43. The van der Waals surface area contributed by atoms with E-state index < -0.39 is 5.97 Å². The Kier molecular flexibility index (Phi) is 4.96. The molecule has 1 atom stereocenters. The summed E-state index contributed by atoms with van der Waals surface area (Å²) in [6.07, 6.45) is 10.8. The summed E-state index contributed by atoms with van der Waals surface area (Å²) in [5, 5.41) is 8.84. The second-order valence-electron chi connectivity index (χ2n) is 9.64. The Morgan fingerprint density at radius 3 is 2.30 bits per heavy atom. The molecule has 2 heteroatoms. The molecular weight excluding hydrogens is 332 g/mol. The Labute approximate surface area is 163 Å². The third-order valence-electron chi connectivity index (χ3n) is 6.43. The molecule has 0 spiro atoms. The molecular formula is C25H32O2. The van der Waals surface area contributed by atoms with Crippen LogP contribution in [0.1, 0.15) is 89.0 Å². The Bertz CT molecular complexity index is 863. The fourth-order valence-electron chi connectivity index (χ4n) is 4.58. The molecule has 0 aromatic heterocycles. The van der Waals surface area contributed by atoms with Gasteiger partial charge >= 0.3 is 5.97 Å². The molecule has 3 rings (SSSR count). The van der Waals surface area contributed by atoms with Gasteiger partial charge in [0.25, 0.3) is 0 Å². The monoisotopic (exact) mass is 364 g/mol. The maximum Gasteiger partial charge on any atom is 0.328 e. The number of carboxylic acids is 1. The van der Waals surface area contributed by atoms with Crippen LogP contribution in [0.4, 0.5) is 0 Å². The number of carboxylic acid groups (broad SMARTS) is 1. The zero-order chi connectivity index (χ0) is 20.0. The van der Waals surface area contributed by atoms with Crippen LogP contribution in [-0.2, 0) is 15.6 Å². The van der Waals surface area contributed by atoms with Gasteiger partial charge in [0.1, 0.15) is 0 Å². The van der Waals surface area contributed by atoms with Crippen LogP contribution in [0.2, 0.25) is 0 Å². The lowest BCUT2D eigenvalue weighted by atomic mass is 9.62. The minimum atomic E-state index is -0.902.